The number of aromatic hydroxyl groups is 1. The Morgan fingerprint density at radius 3 is 3.00 bits per heavy atom. The summed E-state index contributed by atoms with van der Waals surface area (Å²) >= 11 is 5.80. The van der Waals surface area contributed by atoms with Crippen molar-refractivity contribution in [2.24, 2.45) is 0 Å². The van der Waals surface area contributed by atoms with Crippen molar-refractivity contribution in [2.45, 2.75) is 11.8 Å². The van der Waals surface area contributed by atoms with Crippen LogP contribution in [0.4, 0.5) is 0 Å². The fourth-order valence-electron chi connectivity index (χ4n) is 1.36. The van der Waals surface area contributed by atoms with Crippen LogP contribution in [0.15, 0.2) is 22.4 Å². The van der Waals surface area contributed by atoms with Gasteiger partial charge in [-0.25, -0.2) is 0 Å². The van der Waals surface area contributed by atoms with E-state index in [0.29, 0.717) is 6.61 Å². The molecule has 0 saturated heterocycles. The Kier molecular flexibility index (Phi) is 2.56. The maximum absolute atomic E-state index is 9.60. The summed E-state index contributed by atoms with van der Waals surface area (Å²) in [5.41, 5.74) is 0. The first-order chi connectivity index (χ1) is 6.74. The van der Waals surface area contributed by atoms with Crippen LogP contribution in [-0.2, 0) is 0 Å². The van der Waals surface area contributed by atoms with Gasteiger partial charge in [0.25, 0.3) is 0 Å². The topological polar surface area (TPSA) is 29.5 Å². The summed E-state index contributed by atoms with van der Waals surface area (Å²) in [4.78, 5) is 0.851. The Balaban J connectivity index is 2.72. The normalized spacial score (nSPS) is 10.7. The number of thiol groups is 1. The van der Waals surface area contributed by atoms with Gasteiger partial charge < -0.3 is 9.84 Å². The van der Waals surface area contributed by atoms with Gasteiger partial charge in [0.2, 0.25) is 0 Å². The van der Waals surface area contributed by atoms with E-state index in [2.05, 4.69) is 12.6 Å². The smallest absolute Gasteiger partial charge is 0.133 e. The SMILES string of the molecule is CCOc1ccc(O)c2scc(S)c12. The van der Waals surface area contributed by atoms with Gasteiger partial charge in [0.1, 0.15) is 11.5 Å². The molecule has 0 radical (unpaired) electrons. The van der Waals surface area contributed by atoms with Gasteiger partial charge in [-0.2, -0.15) is 0 Å². The van der Waals surface area contributed by atoms with E-state index in [9.17, 15) is 5.11 Å². The molecule has 0 spiro atoms. The van der Waals surface area contributed by atoms with Crippen molar-refractivity contribution in [1.29, 1.82) is 0 Å². The highest BCUT2D eigenvalue weighted by Crippen LogP contribution is 2.40. The summed E-state index contributed by atoms with van der Waals surface area (Å²) in [7, 11) is 0. The van der Waals surface area contributed by atoms with Gasteiger partial charge in [0.05, 0.1) is 16.7 Å². The molecule has 2 rings (SSSR count). The van der Waals surface area contributed by atoms with Gasteiger partial charge in [-0.05, 0) is 19.1 Å². The first-order valence-corrected chi connectivity index (χ1v) is 5.61. The number of ether oxygens (including phenoxy) is 1. The number of phenols is 1. The van der Waals surface area contributed by atoms with Crippen LogP contribution < -0.4 is 4.74 Å². The summed E-state index contributed by atoms with van der Waals surface area (Å²) < 4.78 is 6.29. The standard InChI is InChI=1S/C10H10O2S2/c1-2-12-7-4-3-6(11)10-9(7)8(13)5-14-10/h3-5,11,13H,2H2,1H3. The average Bonchev–Trinajstić information content (AvgIpc) is 2.55. The van der Waals surface area contributed by atoms with E-state index in [4.69, 9.17) is 4.74 Å². The lowest BCUT2D eigenvalue weighted by Crippen LogP contribution is -1.91. The summed E-state index contributed by atoms with van der Waals surface area (Å²) in [6, 6.07) is 3.42. The van der Waals surface area contributed by atoms with Crippen molar-refractivity contribution in [1.82, 2.24) is 0 Å². The minimum atomic E-state index is 0.286. The molecule has 0 amide bonds. The Labute approximate surface area is 91.5 Å². The summed E-state index contributed by atoms with van der Waals surface area (Å²) in [5.74, 6) is 1.07. The Hall–Kier alpha value is -0.870. The van der Waals surface area contributed by atoms with Gasteiger partial charge in [-0.15, -0.1) is 24.0 Å². The third-order valence-corrected chi connectivity index (χ3v) is 3.47. The fourth-order valence-corrected chi connectivity index (χ4v) is 2.69. The molecule has 0 bridgehead atoms. The number of fused-ring (bicyclic) bond motifs is 1. The first kappa shape index (κ1) is 9.68. The van der Waals surface area contributed by atoms with Crippen molar-refractivity contribution in [2.75, 3.05) is 6.61 Å². The number of thiophene rings is 1. The highest BCUT2D eigenvalue weighted by molar-refractivity contribution is 7.80. The molecule has 0 aliphatic heterocycles. The summed E-state index contributed by atoms with van der Waals surface area (Å²) in [6.45, 7) is 2.55. The van der Waals surface area contributed by atoms with Gasteiger partial charge in [-0.1, -0.05) is 0 Å². The molecule has 1 heterocycles. The molecule has 1 aromatic heterocycles. The van der Waals surface area contributed by atoms with Crippen LogP contribution in [0.2, 0.25) is 0 Å². The van der Waals surface area contributed by atoms with Crippen LogP contribution in [0.25, 0.3) is 10.1 Å². The zero-order chi connectivity index (χ0) is 10.1. The predicted octanol–water partition coefficient (Wildman–Crippen LogP) is 3.29. The zero-order valence-corrected chi connectivity index (χ0v) is 9.36. The van der Waals surface area contributed by atoms with E-state index in [-0.39, 0.29) is 5.75 Å². The number of hydrogen-bond acceptors (Lipinski definition) is 4. The molecule has 74 valence electrons. The number of benzene rings is 1. The van der Waals surface area contributed by atoms with Crippen molar-refractivity contribution >= 4 is 34.1 Å². The van der Waals surface area contributed by atoms with E-state index in [1.54, 1.807) is 12.1 Å². The van der Waals surface area contributed by atoms with Crippen molar-refractivity contribution in [3.8, 4) is 11.5 Å². The van der Waals surface area contributed by atoms with Crippen LogP contribution >= 0.6 is 24.0 Å². The quantitative estimate of drug-likeness (QED) is 0.769. The van der Waals surface area contributed by atoms with Crippen LogP contribution in [0.1, 0.15) is 6.92 Å². The molecule has 0 aliphatic carbocycles. The van der Waals surface area contributed by atoms with Gasteiger partial charge >= 0.3 is 0 Å². The Bertz CT molecular complexity index is 462. The number of rotatable bonds is 2. The lowest BCUT2D eigenvalue weighted by atomic mass is 10.2. The number of phenolic OH excluding ortho intramolecular Hbond substituents is 1. The minimum absolute atomic E-state index is 0.286. The molecule has 0 atom stereocenters. The Morgan fingerprint density at radius 1 is 1.50 bits per heavy atom. The largest absolute Gasteiger partial charge is 0.506 e. The summed E-state index contributed by atoms with van der Waals surface area (Å²) in [5, 5.41) is 12.4. The molecule has 0 fully saturated rings. The van der Waals surface area contributed by atoms with Crippen molar-refractivity contribution in [3.05, 3.63) is 17.5 Å². The molecular formula is C10H10O2S2. The number of hydrogen-bond donors (Lipinski definition) is 2. The van der Waals surface area contributed by atoms with E-state index in [1.807, 2.05) is 12.3 Å². The van der Waals surface area contributed by atoms with E-state index in [1.165, 1.54) is 11.3 Å². The molecule has 0 unspecified atom stereocenters. The molecule has 0 aliphatic rings. The minimum Gasteiger partial charge on any atom is -0.506 e. The summed E-state index contributed by atoms with van der Waals surface area (Å²) in [6.07, 6.45) is 0. The average molecular weight is 226 g/mol. The van der Waals surface area contributed by atoms with Crippen LogP contribution in [0, 0.1) is 0 Å². The molecule has 14 heavy (non-hydrogen) atoms. The second-order valence-corrected chi connectivity index (χ2v) is 4.20. The fraction of sp³-hybridized carbons (Fsp3) is 0.200. The van der Waals surface area contributed by atoms with Crippen molar-refractivity contribution in [3.63, 3.8) is 0 Å². The zero-order valence-electron chi connectivity index (χ0n) is 7.65. The van der Waals surface area contributed by atoms with Crippen molar-refractivity contribution < 1.29 is 9.84 Å². The lowest BCUT2D eigenvalue weighted by molar-refractivity contribution is 0.343. The first-order valence-electron chi connectivity index (χ1n) is 4.29. The highest BCUT2D eigenvalue weighted by Gasteiger charge is 2.10. The predicted molar refractivity (Wildman–Crippen MR) is 61.9 cm³/mol. The van der Waals surface area contributed by atoms with Crippen LogP contribution in [0.5, 0.6) is 11.5 Å². The highest BCUT2D eigenvalue weighted by atomic mass is 32.1. The maximum atomic E-state index is 9.60. The second kappa shape index (κ2) is 3.71. The van der Waals surface area contributed by atoms with E-state index in [0.717, 1.165) is 20.7 Å². The third-order valence-electron chi connectivity index (χ3n) is 1.94. The molecule has 4 heteroatoms. The second-order valence-electron chi connectivity index (χ2n) is 2.84. The molecular weight excluding hydrogens is 216 g/mol. The maximum Gasteiger partial charge on any atom is 0.133 e. The van der Waals surface area contributed by atoms with E-state index < -0.39 is 0 Å². The lowest BCUT2D eigenvalue weighted by Gasteiger charge is -2.05. The van der Waals surface area contributed by atoms with Gasteiger partial charge in [0.15, 0.2) is 0 Å². The monoisotopic (exact) mass is 226 g/mol. The third kappa shape index (κ3) is 1.44. The van der Waals surface area contributed by atoms with E-state index >= 15 is 0 Å². The van der Waals surface area contributed by atoms with Gasteiger partial charge in [0, 0.05) is 10.3 Å². The molecule has 2 aromatic rings. The Morgan fingerprint density at radius 2 is 2.29 bits per heavy atom. The molecule has 0 saturated carbocycles. The molecule has 1 N–H and O–H groups in total. The van der Waals surface area contributed by atoms with Crippen LogP contribution in [0.3, 0.4) is 0 Å². The molecule has 1 aromatic carbocycles. The van der Waals surface area contributed by atoms with Gasteiger partial charge in [-0.3, -0.25) is 0 Å². The molecule has 2 nitrogen and oxygen atoms in total. The van der Waals surface area contributed by atoms with Crippen LogP contribution in [-0.4, -0.2) is 11.7 Å².